The van der Waals surface area contributed by atoms with Gasteiger partial charge in [-0.15, -0.1) is 0 Å². The maximum atomic E-state index is 14.3. The summed E-state index contributed by atoms with van der Waals surface area (Å²) in [5.74, 6) is -1.38. The van der Waals surface area contributed by atoms with E-state index in [4.69, 9.17) is 10.1 Å². The molecule has 0 aliphatic carbocycles. The number of aliphatic hydroxyl groups is 2. The zero-order valence-corrected chi connectivity index (χ0v) is 17.4. The summed E-state index contributed by atoms with van der Waals surface area (Å²) in [7, 11) is 0. The average molecular weight is 477 g/mol. The van der Waals surface area contributed by atoms with Gasteiger partial charge in [-0.25, -0.2) is 9.18 Å². The van der Waals surface area contributed by atoms with Gasteiger partial charge in [-0.2, -0.15) is 13.2 Å². The van der Waals surface area contributed by atoms with E-state index in [-0.39, 0.29) is 23.5 Å². The van der Waals surface area contributed by atoms with Crippen LogP contribution in [0.3, 0.4) is 0 Å². The highest BCUT2D eigenvalue weighted by molar-refractivity contribution is 5.89. The van der Waals surface area contributed by atoms with E-state index in [0.717, 1.165) is 30.6 Å². The van der Waals surface area contributed by atoms with E-state index in [0.29, 0.717) is 5.69 Å². The van der Waals surface area contributed by atoms with Crippen LogP contribution in [0.25, 0.3) is 0 Å². The first-order chi connectivity index (χ1) is 16.1. The molecule has 0 radical (unpaired) electrons. The lowest BCUT2D eigenvalue weighted by Gasteiger charge is -2.31. The minimum absolute atomic E-state index is 0.0354. The van der Waals surface area contributed by atoms with Gasteiger partial charge in [0.1, 0.15) is 17.6 Å². The van der Waals surface area contributed by atoms with Crippen molar-refractivity contribution in [2.45, 2.75) is 24.4 Å². The number of ether oxygens (including phenoxy) is 1. The molecular formula is C23H19F4N3O4. The van der Waals surface area contributed by atoms with Gasteiger partial charge in [0.25, 0.3) is 0 Å². The van der Waals surface area contributed by atoms with E-state index < -0.39 is 47.4 Å². The largest absolute Gasteiger partial charge is 0.453 e. The smallest absolute Gasteiger partial charge is 0.425 e. The molecule has 0 fully saturated rings. The maximum absolute atomic E-state index is 14.3. The minimum Gasteiger partial charge on any atom is -0.453 e. The SMILES string of the molecule is N=Cc1cc(C(O)(c2cc3n(c2)CC(CO)OC3=O)C(F)(F)F)ccc1Nc1ccc(F)cc1. The highest BCUT2D eigenvalue weighted by Crippen LogP contribution is 2.46. The standard InChI is InChI=1S/C23H19F4N3O4/c24-16-2-4-17(5-3-16)29-19-6-1-14(7-13(19)9-28)22(33,23(25,26)27)15-8-20-21(32)34-18(12-31)11-30(20)10-15/h1-10,18,28-29,31,33H,11-12H2. The minimum atomic E-state index is -5.18. The molecule has 11 heteroatoms. The molecule has 2 aromatic carbocycles. The molecule has 0 amide bonds. The number of nitrogens with one attached hydrogen (secondary N) is 2. The average Bonchev–Trinajstić information content (AvgIpc) is 3.24. The van der Waals surface area contributed by atoms with Gasteiger partial charge in [0.05, 0.1) is 13.2 Å². The van der Waals surface area contributed by atoms with Gasteiger partial charge in [0, 0.05) is 34.9 Å². The van der Waals surface area contributed by atoms with Crippen LogP contribution >= 0.6 is 0 Å². The Hall–Kier alpha value is -3.70. The summed E-state index contributed by atoms with van der Waals surface area (Å²) in [6, 6.07) is 9.48. The molecule has 0 spiro atoms. The topological polar surface area (TPSA) is 108 Å². The van der Waals surface area contributed by atoms with Crippen LogP contribution in [0.5, 0.6) is 0 Å². The fourth-order valence-corrected chi connectivity index (χ4v) is 3.80. The number of anilines is 2. The van der Waals surface area contributed by atoms with Crippen LogP contribution in [0, 0.1) is 11.2 Å². The predicted octanol–water partition coefficient (Wildman–Crippen LogP) is 3.70. The lowest BCUT2D eigenvalue weighted by molar-refractivity contribution is -0.248. The maximum Gasteiger partial charge on any atom is 0.425 e. The first-order valence-electron chi connectivity index (χ1n) is 10.1. The summed E-state index contributed by atoms with van der Waals surface area (Å²) in [5.41, 5.74) is -4.13. The first-order valence-corrected chi connectivity index (χ1v) is 10.1. The Balaban J connectivity index is 1.77. The van der Waals surface area contributed by atoms with Crippen molar-refractivity contribution < 1.29 is 37.3 Å². The quantitative estimate of drug-likeness (QED) is 0.246. The Morgan fingerprint density at radius 1 is 1.15 bits per heavy atom. The highest BCUT2D eigenvalue weighted by atomic mass is 19.4. The molecule has 0 saturated carbocycles. The van der Waals surface area contributed by atoms with Gasteiger partial charge in [-0.3, -0.25) is 0 Å². The van der Waals surface area contributed by atoms with Crippen molar-refractivity contribution in [2.24, 2.45) is 0 Å². The molecule has 34 heavy (non-hydrogen) atoms. The van der Waals surface area contributed by atoms with Crippen LogP contribution in [-0.4, -0.2) is 45.9 Å². The Morgan fingerprint density at radius 2 is 1.85 bits per heavy atom. The van der Waals surface area contributed by atoms with Crippen molar-refractivity contribution in [1.82, 2.24) is 4.57 Å². The number of hydrogen-bond acceptors (Lipinski definition) is 6. The monoisotopic (exact) mass is 477 g/mol. The molecule has 0 bridgehead atoms. The molecule has 4 N–H and O–H groups in total. The van der Waals surface area contributed by atoms with Crippen LogP contribution in [0.1, 0.15) is 27.2 Å². The number of carbonyl (C=O) groups is 1. The van der Waals surface area contributed by atoms with E-state index >= 15 is 0 Å². The van der Waals surface area contributed by atoms with Crippen LogP contribution in [0.15, 0.2) is 54.7 Å². The predicted molar refractivity (Wildman–Crippen MR) is 114 cm³/mol. The second-order valence-electron chi connectivity index (χ2n) is 7.76. The molecule has 4 rings (SSSR count). The Kier molecular flexibility index (Phi) is 5.92. The van der Waals surface area contributed by atoms with Gasteiger partial charge < -0.3 is 30.2 Å². The van der Waals surface area contributed by atoms with Gasteiger partial charge in [0.2, 0.25) is 5.60 Å². The van der Waals surface area contributed by atoms with E-state index in [2.05, 4.69) is 5.32 Å². The molecule has 2 heterocycles. The summed E-state index contributed by atoms with van der Waals surface area (Å²) in [4.78, 5) is 12.1. The van der Waals surface area contributed by atoms with Crippen molar-refractivity contribution in [2.75, 3.05) is 11.9 Å². The molecule has 178 valence electrons. The van der Waals surface area contributed by atoms with Gasteiger partial charge in [-0.05, 0) is 48.0 Å². The molecule has 2 atom stereocenters. The number of hydrogen-bond donors (Lipinski definition) is 4. The summed E-state index contributed by atoms with van der Waals surface area (Å²) in [6.45, 7) is -0.578. The van der Waals surface area contributed by atoms with Crippen LogP contribution in [-0.2, 0) is 16.9 Å². The molecule has 1 aliphatic heterocycles. The number of fused-ring (bicyclic) bond motifs is 1. The van der Waals surface area contributed by atoms with Gasteiger partial charge >= 0.3 is 12.1 Å². The molecule has 7 nitrogen and oxygen atoms in total. The number of cyclic esters (lactones) is 1. The summed E-state index contributed by atoms with van der Waals surface area (Å²) >= 11 is 0. The number of carbonyl (C=O) groups excluding carboxylic acids is 1. The van der Waals surface area contributed by atoms with Crippen molar-refractivity contribution in [1.29, 1.82) is 5.41 Å². The normalized spacial score (nSPS) is 17.5. The van der Waals surface area contributed by atoms with Crippen LogP contribution < -0.4 is 5.32 Å². The number of aromatic nitrogens is 1. The Labute approximate surface area is 190 Å². The number of halogens is 4. The fourth-order valence-electron chi connectivity index (χ4n) is 3.80. The van der Waals surface area contributed by atoms with E-state index in [1.54, 1.807) is 0 Å². The summed E-state index contributed by atoms with van der Waals surface area (Å²) < 4.78 is 62.1. The molecule has 2 unspecified atom stereocenters. The Bertz CT molecular complexity index is 1240. The molecule has 1 aromatic heterocycles. The second kappa shape index (κ2) is 8.58. The number of alkyl halides is 3. The number of benzene rings is 2. The molecular weight excluding hydrogens is 458 g/mol. The zero-order valence-electron chi connectivity index (χ0n) is 17.4. The number of esters is 1. The molecule has 3 aromatic rings. The summed E-state index contributed by atoms with van der Waals surface area (Å²) in [6.07, 6.45) is -4.28. The Morgan fingerprint density at radius 3 is 2.47 bits per heavy atom. The van der Waals surface area contributed by atoms with Crippen molar-refractivity contribution >= 4 is 23.6 Å². The van der Waals surface area contributed by atoms with Crippen LogP contribution in [0.4, 0.5) is 28.9 Å². The second-order valence-corrected chi connectivity index (χ2v) is 7.76. The number of nitrogens with zero attached hydrogens (tertiary/aromatic N) is 1. The third-order valence-electron chi connectivity index (χ3n) is 5.56. The molecule has 0 saturated heterocycles. The van der Waals surface area contributed by atoms with E-state index in [9.17, 15) is 32.6 Å². The van der Waals surface area contributed by atoms with Gasteiger partial charge in [-0.1, -0.05) is 6.07 Å². The van der Waals surface area contributed by atoms with E-state index in [1.165, 1.54) is 34.9 Å². The number of aliphatic hydroxyl groups excluding tert-OH is 1. The number of rotatable bonds is 6. The highest BCUT2D eigenvalue weighted by Gasteiger charge is 2.57. The lowest BCUT2D eigenvalue weighted by Crippen LogP contribution is -2.43. The van der Waals surface area contributed by atoms with Crippen molar-refractivity contribution in [3.8, 4) is 0 Å². The third-order valence-corrected chi connectivity index (χ3v) is 5.56. The third kappa shape index (κ3) is 4.03. The lowest BCUT2D eigenvalue weighted by atomic mass is 9.86. The van der Waals surface area contributed by atoms with Crippen LogP contribution in [0.2, 0.25) is 0 Å². The molecule has 1 aliphatic rings. The first kappa shape index (κ1) is 23.5. The van der Waals surface area contributed by atoms with Gasteiger partial charge in [0.15, 0.2) is 0 Å². The van der Waals surface area contributed by atoms with Crippen molar-refractivity contribution in [3.63, 3.8) is 0 Å². The fraction of sp³-hybridized carbons (Fsp3) is 0.217. The van der Waals surface area contributed by atoms with E-state index in [1.807, 2.05) is 0 Å². The zero-order chi connectivity index (χ0) is 24.7. The van der Waals surface area contributed by atoms with Crippen molar-refractivity contribution in [3.05, 3.63) is 82.9 Å². The summed E-state index contributed by atoms with van der Waals surface area (Å²) in [5, 5.41) is 30.8.